The van der Waals surface area contributed by atoms with Crippen molar-refractivity contribution in [1.82, 2.24) is 4.90 Å². The molecule has 7 nitrogen and oxygen atoms in total. The molecule has 1 aliphatic heterocycles. The van der Waals surface area contributed by atoms with E-state index in [0.717, 1.165) is 12.0 Å². The summed E-state index contributed by atoms with van der Waals surface area (Å²) in [5.41, 5.74) is 2.33. The fraction of sp³-hybridized carbons (Fsp3) is 0.233. The van der Waals surface area contributed by atoms with E-state index < -0.39 is 23.7 Å². The highest BCUT2D eigenvalue weighted by molar-refractivity contribution is 6.46. The summed E-state index contributed by atoms with van der Waals surface area (Å²) in [6, 6.07) is 22.2. The summed E-state index contributed by atoms with van der Waals surface area (Å²) in [4.78, 5) is 39.9. The standard InChI is InChI=1S/C30H29NO6/c1-3-18-37-24-11-7-10-23(19-24)27(32)25-26(21-12-14-22(15-13-21)30(35)36-2)31(29(34)28(25)33)17-16-20-8-5-4-6-9-20/h4-15,19,26,32H,3,16-18H2,1-2H3. The fourth-order valence-corrected chi connectivity index (χ4v) is 4.38. The lowest BCUT2D eigenvalue weighted by Gasteiger charge is -2.25. The van der Waals surface area contributed by atoms with Crippen molar-refractivity contribution in [2.45, 2.75) is 25.8 Å². The third kappa shape index (κ3) is 5.56. The Kier molecular flexibility index (Phi) is 8.03. The highest BCUT2D eigenvalue weighted by atomic mass is 16.5. The van der Waals surface area contributed by atoms with Crippen LogP contribution < -0.4 is 4.74 Å². The van der Waals surface area contributed by atoms with E-state index in [0.29, 0.717) is 35.5 Å². The highest BCUT2D eigenvalue weighted by Gasteiger charge is 2.45. The molecule has 7 heteroatoms. The molecule has 3 aromatic rings. The molecule has 1 unspecified atom stereocenters. The van der Waals surface area contributed by atoms with Crippen molar-refractivity contribution in [2.24, 2.45) is 0 Å². The molecule has 0 aliphatic carbocycles. The first-order valence-electron chi connectivity index (χ1n) is 12.2. The molecule has 1 atom stereocenters. The van der Waals surface area contributed by atoms with Crippen LogP contribution in [0.25, 0.3) is 5.76 Å². The number of rotatable bonds is 9. The van der Waals surface area contributed by atoms with Gasteiger partial charge in [0, 0.05) is 12.1 Å². The fourth-order valence-electron chi connectivity index (χ4n) is 4.38. The summed E-state index contributed by atoms with van der Waals surface area (Å²) in [5.74, 6) is -1.65. The summed E-state index contributed by atoms with van der Waals surface area (Å²) < 4.78 is 10.5. The monoisotopic (exact) mass is 499 g/mol. The van der Waals surface area contributed by atoms with Crippen LogP contribution >= 0.6 is 0 Å². The Hall–Kier alpha value is -4.39. The minimum absolute atomic E-state index is 0.00322. The molecule has 190 valence electrons. The molecule has 37 heavy (non-hydrogen) atoms. The van der Waals surface area contributed by atoms with Gasteiger partial charge in [-0.15, -0.1) is 0 Å². The Bertz CT molecular complexity index is 1310. The maximum absolute atomic E-state index is 13.3. The van der Waals surface area contributed by atoms with Gasteiger partial charge < -0.3 is 19.5 Å². The van der Waals surface area contributed by atoms with Crippen LogP contribution in [-0.4, -0.2) is 47.9 Å². The van der Waals surface area contributed by atoms with E-state index in [1.165, 1.54) is 12.0 Å². The number of ketones is 1. The average Bonchev–Trinajstić information content (AvgIpc) is 3.19. The van der Waals surface area contributed by atoms with Gasteiger partial charge in [0.2, 0.25) is 0 Å². The van der Waals surface area contributed by atoms with Gasteiger partial charge in [0.1, 0.15) is 11.5 Å². The van der Waals surface area contributed by atoms with E-state index in [9.17, 15) is 19.5 Å². The summed E-state index contributed by atoms with van der Waals surface area (Å²) >= 11 is 0. The summed E-state index contributed by atoms with van der Waals surface area (Å²) in [5, 5.41) is 11.3. The van der Waals surface area contributed by atoms with E-state index in [2.05, 4.69) is 0 Å². The molecule has 0 bridgehead atoms. The predicted octanol–water partition coefficient (Wildman–Crippen LogP) is 4.93. The average molecular weight is 500 g/mol. The van der Waals surface area contributed by atoms with Gasteiger partial charge in [0.25, 0.3) is 11.7 Å². The predicted molar refractivity (Wildman–Crippen MR) is 139 cm³/mol. The zero-order valence-corrected chi connectivity index (χ0v) is 20.8. The van der Waals surface area contributed by atoms with Crippen molar-refractivity contribution in [3.05, 3.63) is 107 Å². The number of aliphatic hydroxyl groups is 1. The molecule has 1 aliphatic rings. The van der Waals surface area contributed by atoms with Gasteiger partial charge in [-0.3, -0.25) is 9.59 Å². The number of carbonyl (C=O) groups is 3. The van der Waals surface area contributed by atoms with E-state index in [4.69, 9.17) is 9.47 Å². The van der Waals surface area contributed by atoms with Crippen LogP contribution in [0, 0.1) is 0 Å². The van der Waals surface area contributed by atoms with Gasteiger partial charge in [-0.2, -0.15) is 0 Å². The summed E-state index contributed by atoms with van der Waals surface area (Å²) in [7, 11) is 1.30. The van der Waals surface area contributed by atoms with Crippen molar-refractivity contribution in [3.8, 4) is 5.75 Å². The lowest BCUT2D eigenvalue weighted by atomic mass is 9.94. The second-order valence-corrected chi connectivity index (χ2v) is 8.72. The minimum Gasteiger partial charge on any atom is -0.507 e. The second kappa shape index (κ2) is 11.6. The first-order chi connectivity index (χ1) is 17.9. The third-order valence-corrected chi connectivity index (χ3v) is 6.25. The zero-order valence-electron chi connectivity index (χ0n) is 20.8. The number of hydrogen-bond acceptors (Lipinski definition) is 6. The van der Waals surface area contributed by atoms with Gasteiger partial charge in [0.05, 0.1) is 30.9 Å². The molecule has 1 heterocycles. The molecule has 1 amide bonds. The maximum Gasteiger partial charge on any atom is 0.337 e. The SMILES string of the molecule is CCCOc1cccc(C(O)=C2C(=O)C(=O)N(CCc3ccccc3)C2c2ccc(C(=O)OC)cc2)c1. The van der Waals surface area contributed by atoms with Crippen molar-refractivity contribution in [1.29, 1.82) is 0 Å². The van der Waals surface area contributed by atoms with Gasteiger partial charge in [-0.25, -0.2) is 4.79 Å². The van der Waals surface area contributed by atoms with Crippen LogP contribution in [0.2, 0.25) is 0 Å². The number of esters is 1. The second-order valence-electron chi connectivity index (χ2n) is 8.72. The van der Waals surface area contributed by atoms with Gasteiger partial charge in [-0.1, -0.05) is 61.5 Å². The number of benzene rings is 3. The smallest absolute Gasteiger partial charge is 0.337 e. The molecule has 1 fully saturated rings. The summed E-state index contributed by atoms with van der Waals surface area (Å²) in [6.07, 6.45) is 1.36. The van der Waals surface area contributed by atoms with Crippen molar-refractivity contribution in [2.75, 3.05) is 20.3 Å². The third-order valence-electron chi connectivity index (χ3n) is 6.25. The molecule has 3 aromatic carbocycles. The van der Waals surface area contributed by atoms with Crippen molar-refractivity contribution < 1.29 is 29.0 Å². The molecule has 0 aromatic heterocycles. The minimum atomic E-state index is -0.823. The van der Waals surface area contributed by atoms with Gasteiger partial charge in [-0.05, 0) is 48.2 Å². The zero-order chi connectivity index (χ0) is 26.4. The Labute approximate surface area is 215 Å². The molecule has 1 saturated heterocycles. The molecule has 0 spiro atoms. The first kappa shape index (κ1) is 25.7. The number of likely N-dealkylation sites (tertiary alicyclic amines) is 1. The van der Waals surface area contributed by atoms with Crippen molar-refractivity contribution in [3.63, 3.8) is 0 Å². The Morgan fingerprint density at radius 2 is 1.68 bits per heavy atom. The van der Waals surface area contributed by atoms with Crippen LogP contribution in [0.3, 0.4) is 0 Å². The number of nitrogens with zero attached hydrogens (tertiary/aromatic N) is 1. The molecule has 4 rings (SSSR count). The normalized spacial score (nSPS) is 16.6. The quantitative estimate of drug-likeness (QED) is 0.194. The topological polar surface area (TPSA) is 93.1 Å². The van der Waals surface area contributed by atoms with Crippen molar-refractivity contribution >= 4 is 23.4 Å². The Morgan fingerprint density at radius 3 is 2.35 bits per heavy atom. The molecular weight excluding hydrogens is 470 g/mol. The van der Waals surface area contributed by atoms with Crippen LogP contribution in [0.15, 0.2) is 84.4 Å². The molecule has 1 N–H and O–H groups in total. The number of methoxy groups -OCH3 is 1. The summed E-state index contributed by atoms with van der Waals surface area (Å²) in [6.45, 7) is 2.78. The van der Waals surface area contributed by atoms with Crippen LogP contribution in [0.4, 0.5) is 0 Å². The largest absolute Gasteiger partial charge is 0.507 e. The highest BCUT2D eigenvalue weighted by Crippen LogP contribution is 2.40. The van der Waals surface area contributed by atoms with Crippen LogP contribution in [0.5, 0.6) is 5.75 Å². The first-order valence-corrected chi connectivity index (χ1v) is 12.2. The Morgan fingerprint density at radius 1 is 0.946 bits per heavy atom. The van der Waals surface area contributed by atoms with Gasteiger partial charge >= 0.3 is 5.97 Å². The van der Waals surface area contributed by atoms with Crippen LogP contribution in [-0.2, 0) is 20.7 Å². The van der Waals surface area contributed by atoms with E-state index in [-0.39, 0.29) is 17.9 Å². The Balaban J connectivity index is 1.77. The maximum atomic E-state index is 13.3. The number of amides is 1. The molecule has 0 saturated carbocycles. The number of Topliss-reactive ketones (excluding diaryl/α,β-unsaturated/α-hetero) is 1. The lowest BCUT2D eigenvalue weighted by molar-refractivity contribution is -0.139. The van der Waals surface area contributed by atoms with E-state index in [1.807, 2.05) is 37.3 Å². The number of carbonyl (C=O) groups excluding carboxylic acids is 3. The molecular formula is C30H29NO6. The number of aliphatic hydroxyl groups excluding tert-OH is 1. The lowest BCUT2D eigenvalue weighted by Crippen LogP contribution is -2.31. The number of ether oxygens (including phenoxy) is 2. The van der Waals surface area contributed by atoms with E-state index >= 15 is 0 Å². The molecule has 0 radical (unpaired) electrons. The number of hydrogen-bond donors (Lipinski definition) is 1. The van der Waals surface area contributed by atoms with Gasteiger partial charge in [0.15, 0.2) is 0 Å². The van der Waals surface area contributed by atoms with E-state index in [1.54, 1.807) is 48.5 Å². The van der Waals surface area contributed by atoms with Crippen LogP contribution in [0.1, 0.15) is 46.4 Å².